The highest BCUT2D eigenvalue weighted by Crippen LogP contribution is 2.13. The van der Waals surface area contributed by atoms with Crippen LogP contribution in [0.5, 0.6) is 0 Å². The van der Waals surface area contributed by atoms with Gasteiger partial charge in [-0.15, -0.1) is 0 Å². The molecule has 8 heteroatoms. The van der Waals surface area contributed by atoms with Crippen molar-refractivity contribution >= 4 is 11.7 Å². The highest BCUT2D eigenvalue weighted by atomic mass is 16.1. The van der Waals surface area contributed by atoms with Crippen molar-refractivity contribution in [1.82, 2.24) is 24.5 Å². The Hall–Kier alpha value is -3.42. The molecule has 0 spiro atoms. The molecule has 0 fully saturated rings. The van der Waals surface area contributed by atoms with E-state index in [0.717, 1.165) is 0 Å². The van der Waals surface area contributed by atoms with Crippen molar-refractivity contribution in [1.29, 1.82) is 0 Å². The Morgan fingerprint density at radius 1 is 1.12 bits per heavy atom. The lowest BCUT2D eigenvalue weighted by Crippen LogP contribution is -2.24. The second-order valence-electron chi connectivity index (χ2n) is 4.97. The van der Waals surface area contributed by atoms with Crippen LogP contribution in [0.3, 0.4) is 0 Å². The number of carbonyl (C=O) groups excluding carboxylic acids is 1. The second kappa shape index (κ2) is 6.78. The van der Waals surface area contributed by atoms with Crippen molar-refractivity contribution in [3.8, 4) is 11.4 Å². The van der Waals surface area contributed by atoms with Gasteiger partial charge in [0, 0.05) is 37.3 Å². The van der Waals surface area contributed by atoms with Crippen LogP contribution in [0.25, 0.3) is 11.4 Å². The third-order valence-corrected chi connectivity index (χ3v) is 3.39. The molecule has 24 heavy (non-hydrogen) atoms. The van der Waals surface area contributed by atoms with Crippen LogP contribution in [-0.4, -0.2) is 36.8 Å². The van der Waals surface area contributed by atoms with Crippen molar-refractivity contribution in [3.05, 3.63) is 65.1 Å². The van der Waals surface area contributed by atoms with E-state index in [1.165, 1.54) is 17.0 Å². The summed E-state index contributed by atoms with van der Waals surface area (Å²) in [6.07, 6.45) is 6.06. The van der Waals surface area contributed by atoms with Crippen molar-refractivity contribution < 1.29 is 4.79 Å². The zero-order valence-electron chi connectivity index (χ0n) is 12.9. The number of nitrogens with zero attached hydrogens (tertiary/aromatic N) is 5. The lowest BCUT2D eigenvalue weighted by molar-refractivity contribution is 0.101. The van der Waals surface area contributed by atoms with Gasteiger partial charge in [-0.05, 0) is 18.2 Å². The first kappa shape index (κ1) is 15.5. The van der Waals surface area contributed by atoms with Gasteiger partial charge in [0.05, 0.1) is 17.9 Å². The van der Waals surface area contributed by atoms with Gasteiger partial charge in [-0.3, -0.25) is 19.1 Å². The molecule has 0 bridgehead atoms. The van der Waals surface area contributed by atoms with Crippen LogP contribution < -0.4 is 10.9 Å². The number of hydrogen-bond donors (Lipinski definition) is 1. The average molecular weight is 322 g/mol. The van der Waals surface area contributed by atoms with Crippen LogP contribution in [-0.2, 0) is 7.05 Å². The van der Waals surface area contributed by atoms with E-state index in [-0.39, 0.29) is 17.9 Å². The number of nitrogens with one attached hydrogen (secondary N) is 1. The van der Waals surface area contributed by atoms with Gasteiger partial charge < -0.3 is 5.32 Å². The minimum Gasteiger partial charge on any atom is -0.348 e. The minimum atomic E-state index is -0.252. The van der Waals surface area contributed by atoms with Crippen LogP contribution in [0.4, 0.5) is 5.95 Å². The van der Waals surface area contributed by atoms with Gasteiger partial charge in [0.25, 0.3) is 5.56 Å². The van der Waals surface area contributed by atoms with Crippen LogP contribution in [0.15, 0.2) is 54.0 Å². The smallest absolute Gasteiger partial charge is 0.255 e. The van der Waals surface area contributed by atoms with E-state index in [1.807, 2.05) is 0 Å². The van der Waals surface area contributed by atoms with Crippen molar-refractivity contribution in [2.45, 2.75) is 0 Å². The maximum Gasteiger partial charge on any atom is 0.255 e. The summed E-state index contributed by atoms with van der Waals surface area (Å²) in [5, 5.41) is 2.90. The monoisotopic (exact) mass is 322 g/mol. The van der Waals surface area contributed by atoms with Crippen molar-refractivity contribution in [3.63, 3.8) is 0 Å². The maximum absolute atomic E-state index is 12.1. The molecule has 3 heterocycles. The molecule has 0 unspecified atom stereocenters. The molecule has 0 radical (unpaired) electrons. The number of hydrogen-bond acceptors (Lipinski definition) is 7. The van der Waals surface area contributed by atoms with Crippen molar-refractivity contribution in [2.75, 3.05) is 11.9 Å². The Bertz CT molecular complexity index is 909. The summed E-state index contributed by atoms with van der Waals surface area (Å²) in [6.45, 7) is 0.0114. The molecule has 0 aliphatic heterocycles. The third kappa shape index (κ3) is 3.32. The third-order valence-electron chi connectivity index (χ3n) is 3.39. The zero-order valence-corrected chi connectivity index (χ0v) is 12.9. The van der Waals surface area contributed by atoms with E-state index in [4.69, 9.17) is 0 Å². The quantitative estimate of drug-likeness (QED) is 0.697. The fourth-order valence-corrected chi connectivity index (χ4v) is 2.07. The fraction of sp³-hybridized carbons (Fsp3) is 0.125. The summed E-state index contributed by atoms with van der Waals surface area (Å²) in [6, 6.07) is 6.31. The zero-order chi connectivity index (χ0) is 16.9. The number of aromatic nitrogens is 5. The fourth-order valence-electron chi connectivity index (χ4n) is 2.07. The van der Waals surface area contributed by atoms with Gasteiger partial charge in [-0.1, -0.05) is 0 Å². The van der Waals surface area contributed by atoms with Gasteiger partial charge in [-0.2, -0.15) is 0 Å². The summed E-state index contributed by atoms with van der Waals surface area (Å²) < 4.78 is 1.34. The maximum atomic E-state index is 12.1. The molecule has 1 N–H and O–H groups in total. The van der Waals surface area contributed by atoms with E-state index in [9.17, 15) is 9.59 Å². The number of carbonyl (C=O) groups is 1. The second-order valence-corrected chi connectivity index (χ2v) is 4.97. The Morgan fingerprint density at radius 3 is 2.58 bits per heavy atom. The molecule has 0 saturated carbocycles. The molecule has 8 nitrogen and oxygen atoms in total. The SMILES string of the molecule is Cn1c(NCC(=O)c2ccncc2)nc(-c2ccncn2)cc1=O. The lowest BCUT2D eigenvalue weighted by atomic mass is 10.2. The largest absolute Gasteiger partial charge is 0.348 e. The summed E-state index contributed by atoms with van der Waals surface area (Å²) in [7, 11) is 1.58. The van der Waals surface area contributed by atoms with Crippen LogP contribution in [0.1, 0.15) is 10.4 Å². The van der Waals surface area contributed by atoms with Gasteiger partial charge >= 0.3 is 0 Å². The highest BCUT2D eigenvalue weighted by Gasteiger charge is 2.11. The molecule has 0 atom stereocenters. The molecule has 3 rings (SSSR count). The number of ketones is 1. The Kier molecular flexibility index (Phi) is 4.37. The molecule has 0 saturated heterocycles. The first-order valence-electron chi connectivity index (χ1n) is 7.16. The molecular weight excluding hydrogens is 308 g/mol. The first-order chi connectivity index (χ1) is 11.6. The summed E-state index contributed by atoms with van der Waals surface area (Å²) in [4.78, 5) is 40.4. The van der Waals surface area contributed by atoms with E-state index < -0.39 is 0 Å². The summed E-state index contributed by atoms with van der Waals surface area (Å²) in [5.41, 5.74) is 1.23. The molecule has 3 aromatic rings. The average Bonchev–Trinajstić information content (AvgIpc) is 2.64. The number of Topliss-reactive ketones (excluding diaryl/α,β-unsaturated/α-hetero) is 1. The van der Waals surface area contributed by atoms with Crippen LogP contribution >= 0.6 is 0 Å². The highest BCUT2D eigenvalue weighted by molar-refractivity contribution is 5.98. The Balaban J connectivity index is 1.84. The van der Waals surface area contributed by atoms with Crippen LogP contribution in [0, 0.1) is 0 Å². The molecule has 3 aromatic heterocycles. The normalized spacial score (nSPS) is 10.4. The van der Waals surface area contributed by atoms with E-state index in [1.54, 1.807) is 43.8 Å². The molecule has 0 aliphatic rings. The number of pyridine rings is 1. The predicted octanol–water partition coefficient (Wildman–Crippen LogP) is 0.927. The van der Waals surface area contributed by atoms with E-state index in [0.29, 0.717) is 22.9 Å². The van der Waals surface area contributed by atoms with Gasteiger partial charge in [0.15, 0.2) is 5.78 Å². The van der Waals surface area contributed by atoms with Gasteiger partial charge in [0.1, 0.15) is 6.33 Å². The first-order valence-corrected chi connectivity index (χ1v) is 7.16. The molecule has 0 aromatic carbocycles. The molecule has 0 amide bonds. The minimum absolute atomic E-state index is 0.0114. The Labute approximate surface area is 137 Å². The number of anilines is 1. The van der Waals surface area contributed by atoms with Crippen LogP contribution in [0.2, 0.25) is 0 Å². The van der Waals surface area contributed by atoms with E-state index >= 15 is 0 Å². The number of rotatable bonds is 5. The summed E-state index contributed by atoms with van der Waals surface area (Å²) in [5.74, 6) is 0.164. The molecule has 120 valence electrons. The standard InChI is InChI=1S/C16H14N6O2/c1-22-15(24)8-13(12-4-7-18-10-20-12)21-16(22)19-9-14(23)11-2-5-17-6-3-11/h2-8,10H,9H2,1H3,(H,19,21). The topological polar surface area (TPSA) is 103 Å². The predicted molar refractivity (Wildman–Crippen MR) is 87.6 cm³/mol. The lowest BCUT2D eigenvalue weighted by Gasteiger charge is -2.11. The molecule has 0 aliphatic carbocycles. The Morgan fingerprint density at radius 2 is 1.88 bits per heavy atom. The van der Waals surface area contributed by atoms with Gasteiger partial charge in [-0.25, -0.2) is 15.0 Å². The van der Waals surface area contributed by atoms with Crippen molar-refractivity contribution in [2.24, 2.45) is 7.05 Å². The van der Waals surface area contributed by atoms with Gasteiger partial charge in [0.2, 0.25) is 5.95 Å². The summed E-state index contributed by atoms with van der Waals surface area (Å²) >= 11 is 0. The van der Waals surface area contributed by atoms with E-state index in [2.05, 4.69) is 25.3 Å². The molecular formula is C16H14N6O2.